The van der Waals surface area contributed by atoms with Crippen molar-refractivity contribution in [1.82, 2.24) is 9.88 Å². The summed E-state index contributed by atoms with van der Waals surface area (Å²) in [6.07, 6.45) is -5.20. The molecule has 6 nitrogen and oxygen atoms in total. The molecule has 26 heavy (non-hydrogen) atoms. The number of ether oxygens (including phenoxy) is 2. The van der Waals surface area contributed by atoms with E-state index in [1.54, 1.807) is 0 Å². The van der Waals surface area contributed by atoms with E-state index in [1.807, 2.05) is 0 Å². The van der Waals surface area contributed by atoms with E-state index < -0.39 is 36.3 Å². The molecule has 0 unspecified atom stereocenters. The number of nitrogens with zero attached hydrogens (tertiary/aromatic N) is 2. The molecule has 0 bridgehead atoms. The summed E-state index contributed by atoms with van der Waals surface area (Å²) < 4.78 is 49.1. The molecule has 0 amide bonds. The summed E-state index contributed by atoms with van der Waals surface area (Å²) in [6, 6.07) is 3.29. The number of hydrogen-bond donors (Lipinski definition) is 2. The van der Waals surface area contributed by atoms with Gasteiger partial charge in [0.15, 0.2) is 6.10 Å². The largest absolute Gasteiger partial charge is 0.469 e. The molecule has 0 spiro atoms. The Kier molecular flexibility index (Phi) is 6.01. The smallest absolute Gasteiger partial charge is 0.433 e. The standard InChI is InChI=1S/C17H23F3N2O4/c18-17(19,20)13-5-4-6-14(21-13)26-12-10-25-11(15(23)16(12)24)9-22-7-2-1-3-8-22/h4-6,11-12,15-16,23-24H,1-3,7-10H2/t11-,12+,15+,16-/m1/s1. The summed E-state index contributed by atoms with van der Waals surface area (Å²) in [4.78, 5) is 5.59. The number of rotatable bonds is 4. The second kappa shape index (κ2) is 8.08. The van der Waals surface area contributed by atoms with E-state index in [4.69, 9.17) is 9.47 Å². The van der Waals surface area contributed by atoms with Crippen LogP contribution in [0.25, 0.3) is 0 Å². The van der Waals surface area contributed by atoms with Crippen LogP contribution < -0.4 is 4.74 Å². The molecule has 0 saturated carbocycles. The molecule has 2 fully saturated rings. The van der Waals surface area contributed by atoms with Gasteiger partial charge in [0.1, 0.15) is 17.9 Å². The maximum atomic E-state index is 12.7. The Bertz CT molecular complexity index is 596. The number of likely N-dealkylation sites (tertiary alicyclic amines) is 1. The number of alkyl halides is 3. The van der Waals surface area contributed by atoms with Crippen LogP contribution in [0.15, 0.2) is 18.2 Å². The van der Waals surface area contributed by atoms with Crippen molar-refractivity contribution in [3.8, 4) is 5.88 Å². The van der Waals surface area contributed by atoms with Gasteiger partial charge < -0.3 is 24.6 Å². The molecule has 3 rings (SSSR count). The van der Waals surface area contributed by atoms with Crippen molar-refractivity contribution in [1.29, 1.82) is 0 Å². The fourth-order valence-electron chi connectivity index (χ4n) is 3.31. The van der Waals surface area contributed by atoms with E-state index in [9.17, 15) is 23.4 Å². The Morgan fingerprint density at radius 2 is 1.88 bits per heavy atom. The van der Waals surface area contributed by atoms with Gasteiger partial charge in [-0.05, 0) is 32.0 Å². The van der Waals surface area contributed by atoms with Crippen molar-refractivity contribution in [3.05, 3.63) is 23.9 Å². The lowest BCUT2D eigenvalue weighted by molar-refractivity contribution is -0.185. The third kappa shape index (κ3) is 4.64. The first-order valence-electron chi connectivity index (χ1n) is 8.75. The average Bonchev–Trinajstić information content (AvgIpc) is 2.62. The lowest BCUT2D eigenvalue weighted by atomic mass is 9.99. The Morgan fingerprint density at radius 3 is 2.58 bits per heavy atom. The van der Waals surface area contributed by atoms with Gasteiger partial charge in [-0.1, -0.05) is 12.5 Å². The van der Waals surface area contributed by atoms with E-state index >= 15 is 0 Å². The fourth-order valence-corrected chi connectivity index (χ4v) is 3.31. The second-order valence-corrected chi connectivity index (χ2v) is 6.73. The number of pyridine rings is 1. The van der Waals surface area contributed by atoms with Gasteiger partial charge in [-0.3, -0.25) is 0 Å². The first-order chi connectivity index (χ1) is 12.3. The minimum atomic E-state index is -4.58. The van der Waals surface area contributed by atoms with Gasteiger partial charge in [-0.2, -0.15) is 13.2 Å². The maximum Gasteiger partial charge on any atom is 0.433 e. The van der Waals surface area contributed by atoms with Crippen LogP contribution in [0.4, 0.5) is 13.2 Å². The molecular formula is C17H23F3N2O4. The summed E-state index contributed by atoms with van der Waals surface area (Å²) in [5.74, 6) is -0.269. The summed E-state index contributed by atoms with van der Waals surface area (Å²) >= 11 is 0. The molecule has 2 aliphatic rings. The summed E-state index contributed by atoms with van der Waals surface area (Å²) in [7, 11) is 0. The predicted molar refractivity (Wildman–Crippen MR) is 85.7 cm³/mol. The third-order valence-corrected chi connectivity index (χ3v) is 4.76. The summed E-state index contributed by atoms with van der Waals surface area (Å²) in [5, 5.41) is 20.6. The first kappa shape index (κ1) is 19.3. The molecule has 2 N–H and O–H groups in total. The van der Waals surface area contributed by atoms with Crippen molar-refractivity contribution >= 4 is 0 Å². The Balaban J connectivity index is 1.59. The summed E-state index contributed by atoms with van der Waals surface area (Å²) in [5.41, 5.74) is -1.08. The number of aliphatic hydroxyl groups is 2. The van der Waals surface area contributed by atoms with Crippen LogP contribution in [0.1, 0.15) is 25.0 Å². The molecule has 0 aliphatic carbocycles. The molecule has 1 aromatic heterocycles. The zero-order valence-electron chi connectivity index (χ0n) is 14.2. The molecule has 146 valence electrons. The minimum Gasteiger partial charge on any atom is -0.469 e. The van der Waals surface area contributed by atoms with Crippen molar-refractivity contribution in [3.63, 3.8) is 0 Å². The molecular weight excluding hydrogens is 353 g/mol. The highest BCUT2D eigenvalue weighted by Crippen LogP contribution is 2.29. The Morgan fingerprint density at radius 1 is 1.15 bits per heavy atom. The van der Waals surface area contributed by atoms with E-state index in [-0.39, 0.29) is 12.5 Å². The molecule has 0 radical (unpaired) electrons. The number of halogens is 3. The first-order valence-corrected chi connectivity index (χ1v) is 8.75. The molecule has 1 aromatic rings. The maximum absolute atomic E-state index is 12.7. The Labute approximate surface area is 149 Å². The minimum absolute atomic E-state index is 0.0331. The van der Waals surface area contributed by atoms with Crippen LogP contribution in [0.3, 0.4) is 0 Å². The van der Waals surface area contributed by atoms with Crippen LogP contribution >= 0.6 is 0 Å². The van der Waals surface area contributed by atoms with Gasteiger partial charge in [0.25, 0.3) is 0 Å². The Hall–Kier alpha value is -1.42. The van der Waals surface area contributed by atoms with Gasteiger partial charge >= 0.3 is 6.18 Å². The van der Waals surface area contributed by atoms with Crippen LogP contribution in [0.2, 0.25) is 0 Å². The second-order valence-electron chi connectivity index (χ2n) is 6.73. The SMILES string of the molecule is O[C@@H]1[C@H](O)[C@@H](Oc2cccc(C(F)(F)F)n2)CO[C@@H]1CN1CCCCC1. The fraction of sp³-hybridized carbons (Fsp3) is 0.706. The lowest BCUT2D eigenvalue weighted by Crippen LogP contribution is -2.58. The van der Waals surface area contributed by atoms with Crippen LogP contribution in [0, 0.1) is 0 Å². The number of hydrogen-bond acceptors (Lipinski definition) is 6. The molecule has 4 atom stereocenters. The quantitative estimate of drug-likeness (QED) is 0.829. The molecule has 2 aliphatic heterocycles. The molecule has 3 heterocycles. The van der Waals surface area contributed by atoms with E-state index in [2.05, 4.69) is 9.88 Å². The number of piperidine rings is 1. The third-order valence-electron chi connectivity index (χ3n) is 4.76. The van der Waals surface area contributed by atoms with Crippen molar-refractivity contribution < 1.29 is 32.9 Å². The van der Waals surface area contributed by atoms with Gasteiger partial charge in [-0.25, -0.2) is 4.98 Å². The zero-order chi connectivity index (χ0) is 18.7. The van der Waals surface area contributed by atoms with Gasteiger partial charge in [0, 0.05) is 12.6 Å². The normalized spacial score (nSPS) is 31.0. The van der Waals surface area contributed by atoms with Gasteiger partial charge in [0.2, 0.25) is 5.88 Å². The highest BCUT2D eigenvalue weighted by Gasteiger charge is 2.41. The van der Waals surface area contributed by atoms with Gasteiger partial charge in [-0.15, -0.1) is 0 Å². The van der Waals surface area contributed by atoms with Crippen LogP contribution in [-0.4, -0.2) is 70.8 Å². The molecule has 0 aromatic carbocycles. The zero-order valence-corrected chi connectivity index (χ0v) is 14.2. The summed E-state index contributed by atoms with van der Waals surface area (Å²) in [6.45, 7) is 2.33. The highest BCUT2D eigenvalue weighted by molar-refractivity contribution is 5.18. The van der Waals surface area contributed by atoms with E-state index in [0.717, 1.165) is 32.0 Å². The predicted octanol–water partition coefficient (Wildman–Crippen LogP) is 1.45. The number of aliphatic hydroxyl groups excluding tert-OH is 2. The lowest BCUT2D eigenvalue weighted by Gasteiger charge is -2.40. The highest BCUT2D eigenvalue weighted by atomic mass is 19.4. The average molecular weight is 376 g/mol. The monoisotopic (exact) mass is 376 g/mol. The van der Waals surface area contributed by atoms with Crippen molar-refractivity contribution in [2.24, 2.45) is 0 Å². The van der Waals surface area contributed by atoms with Gasteiger partial charge in [0.05, 0.1) is 12.7 Å². The van der Waals surface area contributed by atoms with E-state index in [0.29, 0.717) is 6.54 Å². The topological polar surface area (TPSA) is 75.0 Å². The molecule has 9 heteroatoms. The van der Waals surface area contributed by atoms with Crippen molar-refractivity contribution in [2.75, 3.05) is 26.2 Å². The van der Waals surface area contributed by atoms with Crippen molar-refractivity contribution in [2.45, 2.75) is 49.9 Å². The molecule has 2 saturated heterocycles. The van der Waals surface area contributed by atoms with E-state index in [1.165, 1.54) is 18.6 Å². The van der Waals surface area contributed by atoms with Crippen LogP contribution in [0.5, 0.6) is 5.88 Å². The number of aromatic nitrogens is 1. The van der Waals surface area contributed by atoms with Crippen LogP contribution in [-0.2, 0) is 10.9 Å².